The summed E-state index contributed by atoms with van der Waals surface area (Å²) in [7, 11) is 3.19. The van der Waals surface area contributed by atoms with Crippen molar-refractivity contribution in [1.29, 1.82) is 5.26 Å². The molecule has 23 heavy (non-hydrogen) atoms. The molecule has 0 saturated carbocycles. The van der Waals surface area contributed by atoms with E-state index in [9.17, 15) is 0 Å². The van der Waals surface area contributed by atoms with Gasteiger partial charge < -0.3 is 19.5 Å². The first kappa shape index (κ1) is 16.4. The lowest BCUT2D eigenvalue weighted by molar-refractivity contribution is 0.288. The van der Waals surface area contributed by atoms with Crippen molar-refractivity contribution in [2.45, 2.75) is 13.5 Å². The lowest BCUT2D eigenvalue weighted by Crippen LogP contribution is -2.04. The van der Waals surface area contributed by atoms with E-state index < -0.39 is 0 Å². The Bertz CT molecular complexity index is 668. The van der Waals surface area contributed by atoms with Crippen LogP contribution in [-0.2, 0) is 6.54 Å². The molecule has 0 saturated heterocycles. The fourth-order valence-electron chi connectivity index (χ4n) is 2.08. The maximum Gasteiger partial charge on any atom is 0.203 e. The number of nitrogens with zero attached hydrogens (tertiary/aromatic N) is 2. The first-order chi connectivity index (χ1) is 11.2. The van der Waals surface area contributed by atoms with Crippen LogP contribution < -0.4 is 19.5 Å². The molecular weight excluding hydrogens is 294 g/mol. The molecule has 2 aromatic rings. The van der Waals surface area contributed by atoms with Gasteiger partial charge in [0.1, 0.15) is 11.9 Å². The number of aromatic nitrogens is 1. The van der Waals surface area contributed by atoms with Crippen LogP contribution in [0.25, 0.3) is 0 Å². The average Bonchev–Trinajstić information content (AvgIpc) is 2.61. The van der Waals surface area contributed by atoms with Crippen LogP contribution in [0.3, 0.4) is 0 Å². The van der Waals surface area contributed by atoms with Crippen LogP contribution in [0.15, 0.2) is 30.5 Å². The maximum absolute atomic E-state index is 8.77. The smallest absolute Gasteiger partial charge is 0.203 e. The van der Waals surface area contributed by atoms with Crippen LogP contribution >= 0.6 is 0 Å². The molecule has 0 radical (unpaired) electrons. The van der Waals surface area contributed by atoms with Gasteiger partial charge in [0.25, 0.3) is 0 Å². The molecule has 0 fully saturated rings. The average molecular weight is 313 g/mol. The third-order valence-electron chi connectivity index (χ3n) is 3.18. The van der Waals surface area contributed by atoms with Crippen molar-refractivity contribution in [3.05, 3.63) is 41.6 Å². The largest absolute Gasteiger partial charge is 0.493 e. The number of nitriles is 1. The zero-order valence-corrected chi connectivity index (χ0v) is 13.4. The Morgan fingerprint density at radius 3 is 2.35 bits per heavy atom. The van der Waals surface area contributed by atoms with Crippen molar-refractivity contribution in [3.8, 4) is 23.3 Å². The van der Waals surface area contributed by atoms with Crippen molar-refractivity contribution in [2.24, 2.45) is 0 Å². The maximum atomic E-state index is 8.77. The lowest BCUT2D eigenvalue weighted by Gasteiger charge is -2.15. The van der Waals surface area contributed by atoms with Gasteiger partial charge in [-0.15, -0.1) is 0 Å². The van der Waals surface area contributed by atoms with Crippen LogP contribution in [0, 0.1) is 11.3 Å². The minimum Gasteiger partial charge on any atom is -0.493 e. The fourth-order valence-corrected chi connectivity index (χ4v) is 2.08. The second-order valence-electron chi connectivity index (χ2n) is 4.66. The Kier molecular flexibility index (Phi) is 5.64. The summed E-state index contributed by atoms with van der Waals surface area (Å²) in [6.07, 6.45) is 1.53. The quantitative estimate of drug-likeness (QED) is 0.847. The highest BCUT2D eigenvalue weighted by molar-refractivity contribution is 5.54. The molecule has 1 aromatic heterocycles. The fraction of sp³-hybridized carbons (Fsp3) is 0.294. The molecule has 1 aromatic carbocycles. The Morgan fingerprint density at radius 1 is 1.17 bits per heavy atom. The molecule has 0 amide bonds. The van der Waals surface area contributed by atoms with Crippen LogP contribution in [-0.4, -0.2) is 25.8 Å². The number of rotatable bonds is 7. The van der Waals surface area contributed by atoms with Crippen LogP contribution in [0.2, 0.25) is 0 Å². The number of benzene rings is 1. The number of ether oxygens (including phenoxy) is 3. The topological polar surface area (TPSA) is 76.4 Å². The van der Waals surface area contributed by atoms with Crippen LogP contribution in [0.5, 0.6) is 17.2 Å². The summed E-state index contributed by atoms with van der Waals surface area (Å²) >= 11 is 0. The Morgan fingerprint density at radius 2 is 1.87 bits per heavy atom. The third-order valence-corrected chi connectivity index (χ3v) is 3.18. The number of anilines is 1. The van der Waals surface area contributed by atoms with Crippen molar-refractivity contribution in [3.63, 3.8) is 0 Å². The first-order valence-corrected chi connectivity index (χ1v) is 7.19. The van der Waals surface area contributed by atoms with Crippen molar-refractivity contribution in [1.82, 2.24) is 4.98 Å². The summed E-state index contributed by atoms with van der Waals surface area (Å²) in [6.45, 7) is 2.97. The minimum absolute atomic E-state index is 0.527. The van der Waals surface area contributed by atoms with E-state index in [-0.39, 0.29) is 0 Å². The second kappa shape index (κ2) is 7.90. The molecule has 6 heteroatoms. The standard InChI is InChI=1S/C17H19N3O3/c1-4-23-17-14(21-2)7-13(8-15(17)22-3)11-20-16-6-5-12(9-18)10-19-16/h5-8,10H,4,11H2,1-3H3,(H,19,20). The van der Waals surface area contributed by atoms with Gasteiger partial charge >= 0.3 is 0 Å². The van der Waals surface area contributed by atoms with Gasteiger partial charge in [-0.25, -0.2) is 4.98 Å². The lowest BCUT2D eigenvalue weighted by atomic mass is 10.1. The molecule has 6 nitrogen and oxygen atoms in total. The number of hydrogen-bond donors (Lipinski definition) is 1. The predicted molar refractivity (Wildman–Crippen MR) is 87.0 cm³/mol. The number of hydrogen-bond acceptors (Lipinski definition) is 6. The molecular formula is C17H19N3O3. The first-order valence-electron chi connectivity index (χ1n) is 7.19. The van der Waals surface area contributed by atoms with E-state index >= 15 is 0 Å². The molecule has 0 atom stereocenters. The molecule has 0 aliphatic carbocycles. The summed E-state index contributed by atoms with van der Waals surface area (Å²) in [6, 6.07) is 9.31. The van der Waals surface area contributed by atoms with Gasteiger partial charge in [0.2, 0.25) is 5.75 Å². The molecule has 1 heterocycles. The Hall–Kier alpha value is -2.94. The highest BCUT2D eigenvalue weighted by Crippen LogP contribution is 2.38. The summed E-state index contributed by atoms with van der Waals surface area (Å²) in [5.41, 5.74) is 1.49. The second-order valence-corrected chi connectivity index (χ2v) is 4.66. The highest BCUT2D eigenvalue weighted by atomic mass is 16.5. The van der Waals surface area contributed by atoms with Crippen molar-refractivity contribution in [2.75, 3.05) is 26.1 Å². The van der Waals surface area contributed by atoms with Gasteiger partial charge in [-0.05, 0) is 36.8 Å². The summed E-state index contributed by atoms with van der Waals surface area (Å²) in [4.78, 5) is 4.18. The zero-order chi connectivity index (χ0) is 16.7. The van der Waals surface area contributed by atoms with Gasteiger partial charge in [0.15, 0.2) is 11.5 Å². The van der Waals surface area contributed by atoms with Gasteiger partial charge in [-0.2, -0.15) is 5.26 Å². The highest BCUT2D eigenvalue weighted by Gasteiger charge is 2.13. The molecule has 0 aliphatic rings. The molecule has 0 unspecified atom stereocenters. The molecule has 2 rings (SSSR count). The summed E-state index contributed by atoms with van der Waals surface area (Å²) in [5.74, 6) is 2.53. The van der Waals surface area contributed by atoms with Gasteiger partial charge in [0.05, 0.1) is 26.4 Å². The van der Waals surface area contributed by atoms with E-state index in [2.05, 4.69) is 10.3 Å². The third kappa shape index (κ3) is 4.04. The van der Waals surface area contributed by atoms with E-state index in [1.54, 1.807) is 26.4 Å². The van der Waals surface area contributed by atoms with Crippen LogP contribution in [0.1, 0.15) is 18.1 Å². The Labute approximate surface area is 135 Å². The summed E-state index contributed by atoms with van der Waals surface area (Å²) < 4.78 is 16.3. The minimum atomic E-state index is 0.527. The monoisotopic (exact) mass is 313 g/mol. The van der Waals surface area contributed by atoms with Gasteiger partial charge in [0, 0.05) is 12.7 Å². The van der Waals surface area contributed by atoms with Gasteiger partial charge in [-0.3, -0.25) is 0 Å². The number of nitrogens with one attached hydrogen (secondary N) is 1. The van der Waals surface area contributed by atoms with E-state index in [0.717, 1.165) is 5.56 Å². The molecule has 0 aliphatic heterocycles. The SMILES string of the molecule is CCOc1c(OC)cc(CNc2ccc(C#N)cn2)cc1OC. The predicted octanol–water partition coefficient (Wildman–Crippen LogP) is 2.98. The van der Waals surface area contributed by atoms with Crippen molar-refractivity contribution < 1.29 is 14.2 Å². The van der Waals surface area contributed by atoms with Crippen molar-refractivity contribution >= 4 is 5.82 Å². The van der Waals surface area contributed by atoms with Crippen LogP contribution in [0.4, 0.5) is 5.82 Å². The molecule has 0 bridgehead atoms. The zero-order valence-electron chi connectivity index (χ0n) is 13.4. The number of methoxy groups -OCH3 is 2. The van der Waals surface area contributed by atoms with E-state index in [0.29, 0.717) is 41.8 Å². The Balaban J connectivity index is 2.17. The number of pyridine rings is 1. The summed E-state index contributed by atoms with van der Waals surface area (Å²) in [5, 5.41) is 12.0. The normalized spacial score (nSPS) is 9.83. The molecule has 1 N–H and O–H groups in total. The molecule has 120 valence electrons. The van der Waals surface area contributed by atoms with E-state index in [1.165, 1.54) is 6.20 Å². The molecule has 0 spiro atoms. The van der Waals surface area contributed by atoms with E-state index in [1.807, 2.05) is 25.1 Å². The van der Waals surface area contributed by atoms with Gasteiger partial charge in [-0.1, -0.05) is 0 Å². The van der Waals surface area contributed by atoms with E-state index in [4.69, 9.17) is 19.5 Å².